The molecule has 21 nitrogen and oxygen atoms in total. The van der Waals surface area contributed by atoms with Crippen LogP contribution in [0, 0.1) is 6.92 Å². The van der Waals surface area contributed by atoms with Crippen LogP contribution in [0.3, 0.4) is 0 Å². The van der Waals surface area contributed by atoms with E-state index >= 15 is 0 Å². The number of aryl methyl sites for hydroxylation is 1. The van der Waals surface area contributed by atoms with Crippen molar-refractivity contribution in [1.82, 2.24) is 45.6 Å². The van der Waals surface area contributed by atoms with Crippen LogP contribution < -0.4 is 32.3 Å². The Bertz CT molecular complexity index is 3040. The molecule has 1 aliphatic heterocycles. The molecule has 0 spiro atoms. The Hall–Kier alpha value is -8.03. The number of nitrogens with zero attached hydrogens (tertiary/aromatic N) is 6. The molecule has 2 aromatic carbocycles. The van der Waals surface area contributed by atoms with Crippen LogP contribution in [-0.4, -0.2) is 127 Å². The number of ether oxygens (including phenoxy) is 1. The van der Waals surface area contributed by atoms with Gasteiger partial charge in [0.15, 0.2) is 11.4 Å². The van der Waals surface area contributed by atoms with Crippen molar-refractivity contribution in [3.8, 4) is 27.6 Å². The average molecular weight is 1110 g/mol. The highest BCUT2D eigenvalue weighted by atomic mass is 32.1. The molecular weight excluding hydrogens is 1050 g/mol. The second kappa shape index (κ2) is 28.0. The van der Waals surface area contributed by atoms with Crippen molar-refractivity contribution in [1.29, 1.82) is 0 Å². The van der Waals surface area contributed by atoms with Crippen LogP contribution in [0.4, 0.5) is 24.7 Å². The van der Waals surface area contributed by atoms with E-state index in [9.17, 15) is 47.0 Å². The van der Waals surface area contributed by atoms with Crippen LogP contribution >= 0.6 is 11.3 Å². The number of anilines is 2. The first-order valence-corrected chi connectivity index (χ1v) is 26.8. The van der Waals surface area contributed by atoms with Gasteiger partial charge in [-0.05, 0) is 73.7 Å². The summed E-state index contributed by atoms with van der Waals surface area (Å²) in [6, 6.07) is 15.2. The number of pyridine rings is 1. The largest absolute Gasteiger partial charge is 0.444 e. The van der Waals surface area contributed by atoms with Crippen LogP contribution in [0.2, 0.25) is 0 Å². The lowest BCUT2D eigenvalue weighted by molar-refractivity contribution is -0.142. The van der Waals surface area contributed by atoms with Crippen LogP contribution in [-0.2, 0) is 25.7 Å². The van der Waals surface area contributed by atoms with E-state index in [4.69, 9.17) is 14.9 Å². The third kappa shape index (κ3) is 17.0. The Balaban J connectivity index is 0.766. The third-order valence-electron chi connectivity index (χ3n) is 12.8. The number of benzene rings is 2. The van der Waals surface area contributed by atoms with Gasteiger partial charge < -0.3 is 51.5 Å². The Labute approximate surface area is 457 Å². The quantitative estimate of drug-likeness (QED) is 0.0251. The second-order valence-electron chi connectivity index (χ2n) is 18.9. The molecule has 0 bridgehead atoms. The molecule has 5 heterocycles. The van der Waals surface area contributed by atoms with Crippen molar-refractivity contribution >= 4 is 58.3 Å². The molecule has 4 aromatic heterocycles. The maximum Gasteiger partial charge on any atom is 0.405 e. The molecule has 0 aliphatic carbocycles. The summed E-state index contributed by atoms with van der Waals surface area (Å²) >= 11 is 1.56. The topological polar surface area (TPSA) is 291 Å². The molecule has 7 rings (SSSR count). The molecule has 0 saturated carbocycles. The number of hydrogen-bond donors (Lipinski definition) is 7. The van der Waals surface area contributed by atoms with E-state index < -0.39 is 54.5 Å². The number of likely N-dealkylation sites (tertiary alicyclic amines) is 1. The number of carbonyl (C=O) groups is 6. The first-order chi connectivity index (χ1) is 38.0. The SMILES string of the molecule is CCCC[C@H](NC(=O)COCCCCCCCCNC(=O)c1ccc(-n2cc(NC(=O)c3coc(-c4ccnc(NCC(F)(F)F)c4)n3)c(C(N)=O)n2)cc1)C(=O)N1C[C@H](O)C[C@H]1C(=O)NCc1ccc(-c2scnc2C)cc1. The summed E-state index contributed by atoms with van der Waals surface area (Å²) in [5, 5.41) is 28.1. The molecule has 6 aromatic rings. The Morgan fingerprint density at radius 1 is 0.924 bits per heavy atom. The summed E-state index contributed by atoms with van der Waals surface area (Å²) in [5.74, 6) is -3.39. The number of oxazole rings is 1. The fraction of sp³-hybridized carbons (Fsp3) is 0.407. The van der Waals surface area contributed by atoms with E-state index in [0.717, 1.165) is 72.9 Å². The van der Waals surface area contributed by atoms with E-state index in [1.165, 1.54) is 34.1 Å². The van der Waals surface area contributed by atoms with Crippen LogP contribution in [0.5, 0.6) is 0 Å². The number of carbonyl (C=O) groups excluding carboxylic acids is 6. The molecule has 0 radical (unpaired) electrons. The molecule has 79 heavy (non-hydrogen) atoms. The maximum atomic E-state index is 13.8. The monoisotopic (exact) mass is 1110 g/mol. The molecule has 1 saturated heterocycles. The van der Waals surface area contributed by atoms with E-state index in [1.54, 1.807) is 41.1 Å². The van der Waals surface area contributed by atoms with Gasteiger partial charge in [0.25, 0.3) is 17.7 Å². The number of unbranched alkanes of at least 4 members (excludes halogenated alkanes) is 6. The lowest BCUT2D eigenvalue weighted by atomic mass is 10.1. The normalized spacial score (nSPS) is 14.6. The molecule has 1 fully saturated rings. The summed E-state index contributed by atoms with van der Waals surface area (Å²) in [4.78, 5) is 93.3. The fourth-order valence-corrected chi connectivity index (χ4v) is 9.48. The fourth-order valence-electron chi connectivity index (χ4n) is 8.67. The van der Waals surface area contributed by atoms with Crippen molar-refractivity contribution in [3.63, 3.8) is 0 Å². The van der Waals surface area contributed by atoms with E-state index in [-0.39, 0.29) is 72.3 Å². The number of hydrogen-bond acceptors (Lipinski definition) is 15. The van der Waals surface area contributed by atoms with Crippen molar-refractivity contribution in [3.05, 3.63) is 113 Å². The maximum absolute atomic E-state index is 13.8. The third-order valence-corrected chi connectivity index (χ3v) is 13.8. The second-order valence-corrected chi connectivity index (χ2v) is 19.8. The zero-order valence-corrected chi connectivity index (χ0v) is 44.5. The van der Waals surface area contributed by atoms with Crippen molar-refractivity contribution in [2.45, 2.75) is 109 Å². The Morgan fingerprint density at radius 2 is 1.67 bits per heavy atom. The number of primary amides is 1. The summed E-state index contributed by atoms with van der Waals surface area (Å²) in [5.41, 5.74) is 10.8. The van der Waals surface area contributed by atoms with Gasteiger partial charge in [-0.2, -0.15) is 18.3 Å². The number of aromatic nitrogens is 5. The predicted molar refractivity (Wildman–Crippen MR) is 287 cm³/mol. The van der Waals surface area contributed by atoms with Gasteiger partial charge in [-0.25, -0.2) is 19.6 Å². The van der Waals surface area contributed by atoms with Gasteiger partial charge in [0.1, 0.15) is 37.3 Å². The smallest absolute Gasteiger partial charge is 0.405 e. The summed E-state index contributed by atoms with van der Waals surface area (Å²) in [7, 11) is 0. The highest BCUT2D eigenvalue weighted by Crippen LogP contribution is 2.28. The van der Waals surface area contributed by atoms with Gasteiger partial charge in [0.2, 0.25) is 23.6 Å². The number of aliphatic hydroxyl groups is 1. The molecule has 420 valence electrons. The lowest BCUT2D eigenvalue weighted by Gasteiger charge is -2.28. The Kier molecular flexibility index (Phi) is 20.8. The number of nitrogens with two attached hydrogens (primary N) is 1. The molecule has 25 heteroatoms. The van der Waals surface area contributed by atoms with Crippen LogP contribution in [0.1, 0.15) is 114 Å². The van der Waals surface area contributed by atoms with Gasteiger partial charge in [-0.3, -0.25) is 28.8 Å². The molecule has 3 atom stereocenters. The zero-order chi connectivity index (χ0) is 56.5. The Morgan fingerprint density at radius 3 is 2.38 bits per heavy atom. The highest BCUT2D eigenvalue weighted by Gasteiger charge is 2.41. The van der Waals surface area contributed by atoms with Crippen LogP contribution in [0.15, 0.2) is 89.2 Å². The minimum atomic E-state index is -4.46. The number of amides is 6. The number of nitrogens with one attached hydrogen (secondary N) is 5. The van der Waals surface area contributed by atoms with Gasteiger partial charge >= 0.3 is 6.18 Å². The number of aliphatic hydroxyl groups excluding tert-OH is 1. The molecule has 8 N–H and O–H groups in total. The number of halogens is 3. The minimum absolute atomic E-state index is 0.00835. The standard InChI is InChI=1S/C54H63F3N12O9S/c1-3-4-11-40(53(76)68-27-39(70)25-43(68)51(75)61-26-34-12-14-35(15-13-34)47-33(2)63-32-79-47)64-45(71)30-77-23-10-8-6-5-7-9-21-60-49(73)36-16-18-38(19-17-36)69-28-41(46(67-69)48(58)72)65-50(74)42-29-78-52(66-42)37-20-22-59-44(24-37)62-31-54(55,56)57/h12-20,22,24,28-29,32,39-40,43,70H,3-11,21,23,25-27,30-31H2,1-2H3,(H2,58,72)(H,59,62)(H,60,73)(H,61,75)(H,64,71)(H,65,74)/t39-,40+,43+/m1/s1. The molecule has 0 unspecified atom stereocenters. The van der Waals surface area contributed by atoms with Crippen molar-refractivity contribution < 1.29 is 56.2 Å². The van der Waals surface area contributed by atoms with E-state index in [2.05, 4.69) is 46.6 Å². The van der Waals surface area contributed by atoms with Crippen LogP contribution in [0.25, 0.3) is 27.6 Å². The van der Waals surface area contributed by atoms with Gasteiger partial charge in [0.05, 0.1) is 39.8 Å². The molecular formula is C54H63F3N12O9S. The van der Waals surface area contributed by atoms with Crippen molar-refractivity contribution in [2.75, 3.05) is 43.5 Å². The predicted octanol–water partition coefficient (Wildman–Crippen LogP) is 6.72. The first kappa shape index (κ1) is 58.6. The van der Waals surface area contributed by atoms with Gasteiger partial charge in [-0.1, -0.05) is 69.7 Å². The summed E-state index contributed by atoms with van der Waals surface area (Å²) in [6.45, 7) is 3.47. The van der Waals surface area contributed by atoms with Gasteiger partial charge in [-0.15, -0.1) is 11.3 Å². The molecule has 6 amide bonds. The highest BCUT2D eigenvalue weighted by molar-refractivity contribution is 7.13. The first-order valence-electron chi connectivity index (χ1n) is 25.9. The van der Waals surface area contributed by atoms with E-state index in [0.29, 0.717) is 37.2 Å². The number of alkyl halides is 3. The zero-order valence-electron chi connectivity index (χ0n) is 43.6. The summed E-state index contributed by atoms with van der Waals surface area (Å²) in [6.07, 6.45) is 5.34. The van der Waals surface area contributed by atoms with Gasteiger partial charge in [0, 0.05) is 50.0 Å². The number of rotatable bonds is 28. The molecule has 1 aliphatic rings. The summed E-state index contributed by atoms with van der Waals surface area (Å²) < 4.78 is 50.3. The minimum Gasteiger partial charge on any atom is -0.444 e. The van der Waals surface area contributed by atoms with Crippen molar-refractivity contribution in [2.24, 2.45) is 5.73 Å². The number of β-amino-alcohol motifs (C(OH)–C–C–N with tert-alkyl or cyclic N) is 1. The van der Waals surface area contributed by atoms with E-state index in [1.807, 2.05) is 38.1 Å². The number of thiazole rings is 1. The lowest BCUT2D eigenvalue weighted by Crippen LogP contribution is -2.54. The average Bonchev–Trinajstić information content (AvgIpc) is 4.36.